The molecule has 6 nitrogen and oxygen atoms in total. The molecule has 0 aromatic heterocycles. The fourth-order valence-electron chi connectivity index (χ4n) is 2.37. The quantitative estimate of drug-likeness (QED) is 0.541. The first-order chi connectivity index (χ1) is 9.32. The van der Waals surface area contributed by atoms with Gasteiger partial charge in [0.05, 0.1) is 18.1 Å². The molecule has 0 spiro atoms. The number of amides is 1. The monoisotopic (exact) mass is 286 g/mol. The molecular weight excluding hydrogens is 260 g/mol. The molecule has 1 aliphatic rings. The van der Waals surface area contributed by atoms with E-state index < -0.39 is 11.6 Å². The van der Waals surface area contributed by atoms with Gasteiger partial charge in [-0.15, -0.1) is 0 Å². The lowest BCUT2D eigenvalue weighted by Crippen LogP contribution is -2.47. The minimum atomic E-state index is -0.885. The molecule has 0 saturated heterocycles. The maximum atomic E-state index is 11.5. The third-order valence-corrected chi connectivity index (χ3v) is 3.71. The van der Waals surface area contributed by atoms with Crippen LogP contribution >= 0.6 is 0 Å². The summed E-state index contributed by atoms with van der Waals surface area (Å²) in [5.41, 5.74) is -0.885. The lowest BCUT2D eigenvalue weighted by Gasteiger charge is -2.34. The maximum Gasteiger partial charge on any atom is 0.306 e. The molecule has 1 rings (SSSR count). The Morgan fingerprint density at radius 2 is 1.90 bits per heavy atom. The van der Waals surface area contributed by atoms with Crippen molar-refractivity contribution < 1.29 is 19.8 Å². The molecule has 0 aromatic rings. The van der Waals surface area contributed by atoms with E-state index in [0.717, 1.165) is 0 Å². The van der Waals surface area contributed by atoms with Crippen LogP contribution in [0.15, 0.2) is 0 Å². The smallest absolute Gasteiger partial charge is 0.306 e. The predicted octanol–water partition coefficient (Wildman–Crippen LogP) is 0.354. The number of hydrogen-bond donors (Lipinski definition) is 4. The largest absolute Gasteiger partial charge is 0.481 e. The van der Waals surface area contributed by atoms with Crippen LogP contribution in [0.3, 0.4) is 0 Å². The molecule has 1 amide bonds. The number of rotatable bonds is 7. The average molecular weight is 286 g/mol. The van der Waals surface area contributed by atoms with Gasteiger partial charge in [-0.3, -0.25) is 9.59 Å². The Balaban J connectivity index is 2.21. The third-order valence-electron chi connectivity index (χ3n) is 3.71. The number of carboxylic acids is 1. The number of aliphatic carboxylic acids is 1. The summed E-state index contributed by atoms with van der Waals surface area (Å²) >= 11 is 0. The normalized spacial score (nSPS) is 26.5. The summed E-state index contributed by atoms with van der Waals surface area (Å²) < 4.78 is 0. The van der Waals surface area contributed by atoms with Gasteiger partial charge >= 0.3 is 5.97 Å². The average Bonchev–Trinajstić information content (AvgIpc) is 2.36. The molecule has 1 aliphatic carbocycles. The van der Waals surface area contributed by atoms with Gasteiger partial charge in [0.1, 0.15) is 0 Å². The fraction of sp³-hybridized carbons (Fsp3) is 0.857. The van der Waals surface area contributed by atoms with Crippen molar-refractivity contribution >= 4 is 11.9 Å². The molecule has 4 N–H and O–H groups in total. The first-order valence-electron chi connectivity index (χ1n) is 7.25. The minimum absolute atomic E-state index is 0.0819. The summed E-state index contributed by atoms with van der Waals surface area (Å²) in [6, 6.07) is 0. The Kier molecular flexibility index (Phi) is 6.42. The first kappa shape index (κ1) is 16.9. The van der Waals surface area contributed by atoms with Crippen LogP contribution < -0.4 is 10.6 Å². The highest BCUT2D eigenvalue weighted by Gasteiger charge is 2.35. The van der Waals surface area contributed by atoms with Gasteiger partial charge in [-0.05, 0) is 31.6 Å². The summed E-state index contributed by atoms with van der Waals surface area (Å²) in [5, 5.41) is 25.0. The Hall–Kier alpha value is -1.14. The van der Waals surface area contributed by atoms with Gasteiger partial charge < -0.3 is 20.8 Å². The van der Waals surface area contributed by atoms with Gasteiger partial charge in [0.15, 0.2) is 0 Å². The highest BCUT2D eigenvalue weighted by atomic mass is 16.4. The number of carbonyl (C=O) groups is 2. The number of nitrogens with one attached hydrogen (secondary N) is 2. The highest BCUT2D eigenvalue weighted by molar-refractivity contribution is 5.77. The van der Waals surface area contributed by atoms with Crippen LogP contribution in [0.25, 0.3) is 0 Å². The number of aliphatic hydroxyl groups is 1. The van der Waals surface area contributed by atoms with Gasteiger partial charge in [0, 0.05) is 13.1 Å². The van der Waals surface area contributed by atoms with Crippen LogP contribution in [-0.2, 0) is 9.59 Å². The standard InChI is InChI=1S/C14H26N2O4/c1-10(2)7-16-12(17)8-15-9-14(20)5-3-11(4-6-14)13(18)19/h10-11,15,20H,3-9H2,1-2H3,(H,16,17)(H,18,19). The number of carbonyl (C=O) groups excluding carboxylic acids is 1. The lowest BCUT2D eigenvalue weighted by molar-refractivity contribution is -0.144. The number of carboxylic acid groups (broad SMARTS) is 1. The van der Waals surface area contributed by atoms with E-state index in [9.17, 15) is 14.7 Å². The van der Waals surface area contributed by atoms with E-state index in [-0.39, 0.29) is 18.4 Å². The van der Waals surface area contributed by atoms with Gasteiger partial charge in [-0.1, -0.05) is 13.8 Å². The van der Waals surface area contributed by atoms with E-state index in [1.165, 1.54) is 0 Å². The van der Waals surface area contributed by atoms with E-state index in [1.54, 1.807) is 0 Å². The molecule has 0 unspecified atom stereocenters. The van der Waals surface area contributed by atoms with Gasteiger partial charge in [-0.2, -0.15) is 0 Å². The zero-order valence-electron chi connectivity index (χ0n) is 12.3. The summed E-state index contributed by atoms with van der Waals surface area (Å²) in [6.45, 7) is 5.20. The van der Waals surface area contributed by atoms with Crippen molar-refractivity contribution in [1.29, 1.82) is 0 Å². The summed E-state index contributed by atoms with van der Waals surface area (Å²) in [7, 11) is 0. The van der Waals surface area contributed by atoms with Crippen LogP contribution in [0.1, 0.15) is 39.5 Å². The topological polar surface area (TPSA) is 98.7 Å². The van der Waals surface area contributed by atoms with E-state index in [2.05, 4.69) is 10.6 Å². The second-order valence-electron chi connectivity index (χ2n) is 6.14. The Labute approximate surface area is 119 Å². The predicted molar refractivity (Wildman–Crippen MR) is 75.3 cm³/mol. The molecule has 0 aromatic carbocycles. The Morgan fingerprint density at radius 1 is 1.30 bits per heavy atom. The lowest BCUT2D eigenvalue weighted by atomic mass is 9.79. The first-order valence-corrected chi connectivity index (χ1v) is 7.25. The molecule has 20 heavy (non-hydrogen) atoms. The molecule has 116 valence electrons. The maximum absolute atomic E-state index is 11.5. The summed E-state index contributed by atoms with van der Waals surface area (Å²) in [4.78, 5) is 22.3. The van der Waals surface area contributed by atoms with E-state index in [0.29, 0.717) is 44.7 Å². The van der Waals surface area contributed by atoms with Crippen LogP contribution in [0, 0.1) is 11.8 Å². The molecule has 0 heterocycles. The van der Waals surface area contributed by atoms with E-state index in [4.69, 9.17) is 5.11 Å². The van der Waals surface area contributed by atoms with Crippen LogP contribution in [0.5, 0.6) is 0 Å². The molecule has 0 bridgehead atoms. The summed E-state index contributed by atoms with van der Waals surface area (Å²) in [6.07, 6.45) is 1.91. The third kappa shape index (κ3) is 5.88. The molecule has 0 radical (unpaired) electrons. The highest BCUT2D eigenvalue weighted by Crippen LogP contribution is 2.31. The Bertz CT molecular complexity index is 336. The molecule has 0 atom stereocenters. The minimum Gasteiger partial charge on any atom is -0.481 e. The summed E-state index contributed by atoms with van der Waals surface area (Å²) in [5.74, 6) is -0.798. The number of hydrogen-bond acceptors (Lipinski definition) is 4. The van der Waals surface area contributed by atoms with Crippen LogP contribution in [0.2, 0.25) is 0 Å². The second kappa shape index (κ2) is 7.59. The van der Waals surface area contributed by atoms with Crippen molar-refractivity contribution in [3.8, 4) is 0 Å². The van der Waals surface area contributed by atoms with Crippen molar-refractivity contribution in [3.63, 3.8) is 0 Å². The van der Waals surface area contributed by atoms with Crippen molar-refractivity contribution in [2.45, 2.75) is 45.1 Å². The molecule has 0 aliphatic heterocycles. The van der Waals surface area contributed by atoms with Crippen LogP contribution in [0.4, 0.5) is 0 Å². The van der Waals surface area contributed by atoms with Crippen molar-refractivity contribution in [2.75, 3.05) is 19.6 Å². The van der Waals surface area contributed by atoms with Crippen molar-refractivity contribution in [2.24, 2.45) is 11.8 Å². The SMILES string of the molecule is CC(C)CNC(=O)CNCC1(O)CCC(C(=O)O)CC1. The van der Waals surface area contributed by atoms with Gasteiger partial charge in [0.25, 0.3) is 0 Å². The van der Waals surface area contributed by atoms with E-state index in [1.807, 2.05) is 13.8 Å². The molecule has 6 heteroatoms. The zero-order valence-corrected chi connectivity index (χ0v) is 12.3. The van der Waals surface area contributed by atoms with Gasteiger partial charge in [-0.25, -0.2) is 0 Å². The van der Waals surface area contributed by atoms with Crippen molar-refractivity contribution in [3.05, 3.63) is 0 Å². The zero-order chi connectivity index (χ0) is 15.2. The van der Waals surface area contributed by atoms with Gasteiger partial charge in [0.2, 0.25) is 5.91 Å². The fourth-order valence-corrected chi connectivity index (χ4v) is 2.37. The second-order valence-corrected chi connectivity index (χ2v) is 6.14. The van der Waals surface area contributed by atoms with Crippen LogP contribution in [-0.4, -0.2) is 47.3 Å². The Morgan fingerprint density at radius 3 is 2.40 bits per heavy atom. The molecular formula is C14H26N2O4. The molecule has 1 fully saturated rings. The molecule has 1 saturated carbocycles. The van der Waals surface area contributed by atoms with E-state index >= 15 is 0 Å². The van der Waals surface area contributed by atoms with Crippen molar-refractivity contribution in [1.82, 2.24) is 10.6 Å².